The van der Waals surface area contributed by atoms with Crippen molar-refractivity contribution in [3.05, 3.63) is 52.5 Å². The summed E-state index contributed by atoms with van der Waals surface area (Å²) in [5.41, 5.74) is 5.32. The van der Waals surface area contributed by atoms with E-state index >= 15 is 0 Å². The van der Waals surface area contributed by atoms with Gasteiger partial charge in [0.25, 0.3) is 0 Å². The Morgan fingerprint density at radius 2 is 1.85 bits per heavy atom. The molecule has 0 atom stereocenters. The fraction of sp³-hybridized carbons (Fsp3) is 0.375. The highest BCUT2D eigenvalue weighted by Gasteiger charge is 2.24. The van der Waals surface area contributed by atoms with Crippen molar-refractivity contribution in [3.63, 3.8) is 0 Å². The molecule has 4 heteroatoms. The standard InChI is InChI=1S/C16H18N4/c1-10-18-15-9-17-8-14(15)16(19-10)20-13-6-11-4-2-3-5-12(11)7-13/h2-5,13,17H,6-9H2,1H3,(H,18,19,20). The molecular weight excluding hydrogens is 248 g/mol. The van der Waals surface area contributed by atoms with E-state index in [1.807, 2.05) is 6.92 Å². The largest absolute Gasteiger partial charge is 0.366 e. The van der Waals surface area contributed by atoms with Gasteiger partial charge in [-0.2, -0.15) is 0 Å². The molecule has 0 bridgehead atoms. The maximum absolute atomic E-state index is 4.61. The average molecular weight is 266 g/mol. The first-order chi connectivity index (χ1) is 9.79. The van der Waals surface area contributed by atoms with E-state index in [2.05, 4.69) is 44.9 Å². The summed E-state index contributed by atoms with van der Waals surface area (Å²) in [7, 11) is 0. The van der Waals surface area contributed by atoms with Crippen molar-refractivity contribution in [2.75, 3.05) is 5.32 Å². The van der Waals surface area contributed by atoms with Crippen molar-refractivity contribution in [3.8, 4) is 0 Å². The van der Waals surface area contributed by atoms with E-state index in [0.29, 0.717) is 6.04 Å². The summed E-state index contributed by atoms with van der Waals surface area (Å²) in [5, 5.41) is 6.99. The van der Waals surface area contributed by atoms with Crippen molar-refractivity contribution < 1.29 is 0 Å². The monoisotopic (exact) mass is 266 g/mol. The number of hydrogen-bond donors (Lipinski definition) is 2. The molecule has 0 fully saturated rings. The van der Waals surface area contributed by atoms with Crippen LogP contribution in [0.25, 0.3) is 0 Å². The van der Waals surface area contributed by atoms with Gasteiger partial charge in [-0.05, 0) is 30.9 Å². The molecule has 2 aliphatic rings. The Hall–Kier alpha value is -1.94. The molecule has 0 unspecified atom stereocenters. The van der Waals surface area contributed by atoms with Gasteiger partial charge in [0.05, 0.1) is 5.69 Å². The zero-order valence-electron chi connectivity index (χ0n) is 11.6. The molecule has 1 aromatic carbocycles. The fourth-order valence-corrected chi connectivity index (χ4v) is 3.27. The number of benzene rings is 1. The van der Waals surface area contributed by atoms with Crippen molar-refractivity contribution in [1.82, 2.24) is 15.3 Å². The van der Waals surface area contributed by atoms with Gasteiger partial charge in [-0.25, -0.2) is 9.97 Å². The quantitative estimate of drug-likeness (QED) is 0.872. The highest BCUT2D eigenvalue weighted by atomic mass is 15.1. The highest BCUT2D eigenvalue weighted by molar-refractivity contribution is 5.50. The number of nitrogens with one attached hydrogen (secondary N) is 2. The number of fused-ring (bicyclic) bond motifs is 2. The average Bonchev–Trinajstić information content (AvgIpc) is 3.03. The van der Waals surface area contributed by atoms with Crippen LogP contribution in [0.3, 0.4) is 0 Å². The third kappa shape index (κ3) is 1.96. The van der Waals surface area contributed by atoms with E-state index in [1.54, 1.807) is 0 Å². The summed E-state index contributed by atoms with van der Waals surface area (Å²) in [6, 6.07) is 9.16. The molecule has 1 aromatic heterocycles. The molecule has 20 heavy (non-hydrogen) atoms. The van der Waals surface area contributed by atoms with Crippen LogP contribution in [-0.4, -0.2) is 16.0 Å². The van der Waals surface area contributed by atoms with Gasteiger partial charge in [-0.15, -0.1) is 0 Å². The lowest BCUT2D eigenvalue weighted by molar-refractivity contribution is 0.751. The summed E-state index contributed by atoms with van der Waals surface area (Å²) in [4.78, 5) is 9.12. The summed E-state index contributed by atoms with van der Waals surface area (Å²) >= 11 is 0. The molecular formula is C16H18N4. The van der Waals surface area contributed by atoms with Gasteiger partial charge in [0.15, 0.2) is 0 Å². The first-order valence-corrected chi connectivity index (χ1v) is 7.20. The minimum absolute atomic E-state index is 0.450. The lowest BCUT2D eigenvalue weighted by Crippen LogP contribution is -2.22. The third-order valence-corrected chi connectivity index (χ3v) is 4.19. The number of nitrogens with zero attached hydrogens (tertiary/aromatic N) is 2. The number of aryl methyl sites for hydroxylation is 1. The number of rotatable bonds is 2. The van der Waals surface area contributed by atoms with Gasteiger partial charge in [0, 0.05) is 24.7 Å². The molecule has 0 radical (unpaired) electrons. The van der Waals surface area contributed by atoms with E-state index in [1.165, 1.54) is 16.7 Å². The van der Waals surface area contributed by atoms with Crippen LogP contribution in [-0.2, 0) is 25.9 Å². The molecule has 1 aliphatic heterocycles. The first kappa shape index (κ1) is 11.9. The minimum atomic E-state index is 0.450. The Labute approximate surface area is 118 Å². The lowest BCUT2D eigenvalue weighted by Gasteiger charge is -2.16. The van der Waals surface area contributed by atoms with Crippen LogP contribution in [0, 0.1) is 6.92 Å². The van der Waals surface area contributed by atoms with E-state index in [9.17, 15) is 0 Å². The normalized spacial score (nSPS) is 17.1. The van der Waals surface area contributed by atoms with E-state index < -0.39 is 0 Å². The van der Waals surface area contributed by atoms with Gasteiger partial charge >= 0.3 is 0 Å². The molecule has 2 aromatic rings. The Bertz CT molecular complexity index is 641. The summed E-state index contributed by atoms with van der Waals surface area (Å²) in [6.45, 7) is 3.70. The molecule has 1 aliphatic carbocycles. The minimum Gasteiger partial charge on any atom is -0.366 e. The summed E-state index contributed by atoms with van der Waals surface area (Å²) in [6.07, 6.45) is 2.17. The summed E-state index contributed by atoms with van der Waals surface area (Å²) in [5.74, 6) is 1.88. The van der Waals surface area contributed by atoms with E-state index in [0.717, 1.165) is 43.3 Å². The maximum Gasteiger partial charge on any atom is 0.134 e. The zero-order valence-corrected chi connectivity index (χ0v) is 11.6. The second kappa shape index (κ2) is 4.56. The predicted molar refractivity (Wildman–Crippen MR) is 78.6 cm³/mol. The Balaban J connectivity index is 1.60. The van der Waals surface area contributed by atoms with Crippen LogP contribution >= 0.6 is 0 Å². The topological polar surface area (TPSA) is 49.8 Å². The molecule has 4 rings (SSSR count). The molecule has 4 nitrogen and oxygen atoms in total. The fourth-order valence-electron chi connectivity index (χ4n) is 3.27. The number of hydrogen-bond acceptors (Lipinski definition) is 4. The van der Waals surface area contributed by atoms with Crippen molar-refractivity contribution in [1.29, 1.82) is 0 Å². The zero-order chi connectivity index (χ0) is 13.5. The lowest BCUT2D eigenvalue weighted by atomic mass is 10.1. The second-order valence-corrected chi connectivity index (χ2v) is 5.67. The van der Waals surface area contributed by atoms with Gasteiger partial charge in [-0.3, -0.25) is 0 Å². The Morgan fingerprint density at radius 3 is 2.60 bits per heavy atom. The molecule has 2 heterocycles. The Kier molecular flexibility index (Phi) is 2.70. The van der Waals surface area contributed by atoms with Crippen LogP contribution in [0.15, 0.2) is 24.3 Å². The van der Waals surface area contributed by atoms with Crippen LogP contribution in [0.4, 0.5) is 5.82 Å². The smallest absolute Gasteiger partial charge is 0.134 e. The van der Waals surface area contributed by atoms with Crippen LogP contribution < -0.4 is 10.6 Å². The van der Waals surface area contributed by atoms with Crippen molar-refractivity contribution >= 4 is 5.82 Å². The van der Waals surface area contributed by atoms with E-state index in [4.69, 9.17) is 0 Å². The highest BCUT2D eigenvalue weighted by Crippen LogP contribution is 2.27. The Morgan fingerprint density at radius 1 is 1.10 bits per heavy atom. The molecule has 102 valence electrons. The summed E-state index contributed by atoms with van der Waals surface area (Å²) < 4.78 is 0. The molecule has 0 amide bonds. The van der Waals surface area contributed by atoms with Crippen LogP contribution in [0.2, 0.25) is 0 Å². The molecule has 0 saturated heterocycles. The molecule has 0 saturated carbocycles. The predicted octanol–water partition coefficient (Wildman–Crippen LogP) is 1.97. The molecule has 0 spiro atoms. The van der Waals surface area contributed by atoms with Gasteiger partial charge < -0.3 is 10.6 Å². The van der Waals surface area contributed by atoms with Crippen LogP contribution in [0.1, 0.15) is 28.2 Å². The van der Waals surface area contributed by atoms with Gasteiger partial charge in [-0.1, -0.05) is 24.3 Å². The number of aromatic nitrogens is 2. The van der Waals surface area contributed by atoms with E-state index in [-0.39, 0.29) is 0 Å². The van der Waals surface area contributed by atoms with Gasteiger partial charge in [0.1, 0.15) is 11.6 Å². The SMILES string of the molecule is Cc1nc2c(c(NC3Cc4ccccc4C3)n1)CNC2. The maximum atomic E-state index is 4.61. The third-order valence-electron chi connectivity index (χ3n) is 4.19. The second-order valence-electron chi connectivity index (χ2n) is 5.67. The first-order valence-electron chi connectivity index (χ1n) is 7.20. The molecule has 2 N–H and O–H groups in total. The van der Waals surface area contributed by atoms with Gasteiger partial charge in [0.2, 0.25) is 0 Å². The van der Waals surface area contributed by atoms with Crippen molar-refractivity contribution in [2.24, 2.45) is 0 Å². The number of anilines is 1. The van der Waals surface area contributed by atoms with Crippen LogP contribution in [0.5, 0.6) is 0 Å². The van der Waals surface area contributed by atoms with Crippen molar-refractivity contribution in [2.45, 2.75) is 38.9 Å².